The van der Waals surface area contributed by atoms with Gasteiger partial charge in [-0.25, -0.2) is 4.90 Å². The zero-order chi connectivity index (χ0) is 21.1. The van der Waals surface area contributed by atoms with Crippen molar-refractivity contribution in [3.8, 4) is 5.75 Å². The molecule has 1 saturated heterocycles. The topological polar surface area (TPSA) is 49.9 Å². The number of fused-ring (bicyclic) bond motifs is 8. The standard InChI is InChI=1S/C26H22N2O3/c1-31-18-11-12-21-20(15-18)22-23(24-19-10-6-5-7-16(19)13-14-27(21)24)26(30)28(25(22)29)17-8-3-2-4-9-17/h2-12,15,22-24H,13-14H2,1H3/t22-,23-,24-/m0/s1. The summed E-state index contributed by atoms with van der Waals surface area (Å²) in [4.78, 5) is 31.3. The predicted octanol–water partition coefficient (Wildman–Crippen LogP) is 4.09. The van der Waals surface area contributed by atoms with Gasteiger partial charge in [0, 0.05) is 12.2 Å². The van der Waals surface area contributed by atoms with Crippen LogP contribution in [0.15, 0.2) is 72.8 Å². The summed E-state index contributed by atoms with van der Waals surface area (Å²) in [6.45, 7) is 0.817. The third kappa shape index (κ3) is 2.49. The molecule has 0 unspecified atom stereocenters. The quantitative estimate of drug-likeness (QED) is 0.597. The van der Waals surface area contributed by atoms with Gasteiger partial charge in [0.05, 0.1) is 30.7 Å². The van der Waals surface area contributed by atoms with Crippen molar-refractivity contribution in [3.63, 3.8) is 0 Å². The molecule has 0 aromatic heterocycles. The molecule has 3 heterocycles. The third-order valence-corrected chi connectivity index (χ3v) is 6.92. The van der Waals surface area contributed by atoms with Gasteiger partial charge in [-0.3, -0.25) is 9.59 Å². The van der Waals surface area contributed by atoms with Crippen molar-refractivity contribution in [3.05, 3.63) is 89.5 Å². The summed E-state index contributed by atoms with van der Waals surface area (Å²) in [5.41, 5.74) is 4.96. The molecule has 3 aromatic rings. The molecule has 0 N–H and O–H groups in total. The number of amides is 2. The van der Waals surface area contributed by atoms with Gasteiger partial charge in [-0.2, -0.15) is 0 Å². The highest BCUT2D eigenvalue weighted by molar-refractivity contribution is 6.25. The summed E-state index contributed by atoms with van der Waals surface area (Å²) in [5.74, 6) is -0.564. The van der Waals surface area contributed by atoms with Crippen LogP contribution in [0, 0.1) is 5.92 Å². The van der Waals surface area contributed by atoms with Crippen LogP contribution in [0.3, 0.4) is 0 Å². The Hall–Kier alpha value is -3.60. The first-order chi connectivity index (χ1) is 15.2. The highest BCUT2D eigenvalue weighted by Gasteiger charge is 2.58. The Labute approximate surface area is 180 Å². The lowest BCUT2D eigenvalue weighted by molar-refractivity contribution is -0.122. The Morgan fingerprint density at radius 1 is 0.871 bits per heavy atom. The molecule has 31 heavy (non-hydrogen) atoms. The minimum Gasteiger partial charge on any atom is -0.497 e. The van der Waals surface area contributed by atoms with Gasteiger partial charge < -0.3 is 9.64 Å². The number of rotatable bonds is 2. The van der Waals surface area contributed by atoms with Gasteiger partial charge in [-0.05, 0) is 53.4 Å². The van der Waals surface area contributed by atoms with E-state index in [0.29, 0.717) is 11.4 Å². The molecule has 3 atom stereocenters. The molecule has 5 nitrogen and oxygen atoms in total. The second kappa shape index (κ2) is 6.71. The molecule has 3 aliphatic rings. The lowest BCUT2D eigenvalue weighted by Crippen LogP contribution is -2.46. The minimum atomic E-state index is -0.523. The maximum Gasteiger partial charge on any atom is 0.242 e. The second-order valence-corrected chi connectivity index (χ2v) is 8.36. The number of anilines is 2. The summed E-state index contributed by atoms with van der Waals surface area (Å²) in [6, 6.07) is 23.3. The van der Waals surface area contributed by atoms with Crippen LogP contribution in [-0.4, -0.2) is 25.5 Å². The largest absolute Gasteiger partial charge is 0.497 e. The fourth-order valence-corrected chi connectivity index (χ4v) is 5.59. The molecule has 3 aliphatic heterocycles. The van der Waals surface area contributed by atoms with E-state index in [-0.39, 0.29) is 17.9 Å². The van der Waals surface area contributed by atoms with Gasteiger partial charge in [-0.15, -0.1) is 0 Å². The average molecular weight is 410 g/mol. The average Bonchev–Trinajstić information content (AvgIpc) is 3.09. The molecule has 0 radical (unpaired) electrons. The smallest absolute Gasteiger partial charge is 0.242 e. The monoisotopic (exact) mass is 410 g/mol. The highest BCUT2D eigenvalue weighted by Crippen LogP contribution is 2.55. The lowest BCUT2D eigenvalue weighted by atomic mass is 9.72. The Morgan fingerprint density at radius 3 is 2.45 bits per heavy atom. The van der Waals surface area contributed by atoms with Gasteiger partial charge in [0.1, 0.15) is 5.75 Å². The van der Waals surface area contributed by atoms with Crippen LogP contribution < -0.4 is 14.5 Å². The van der Waals surface area contributed by atoms with Gasteiger partial charge in [0.25, 0.3) is 0 Å². The van der Waals surface area contributed by atoms with Crippen LogP contribution in [0.1, 0.15) is 28.7 Å². The molecule has 154 valence electrons. The van der Waals surface area contributed by atoms with Gasteiger partial charge >= 0.3 is 0 Å². The second-order valence-electron chi connectivity index (χ2n) is 8.36. The van der Waals surface area contributed by atoms with Gasteiger partial charge in [-0.1, -0.05) is 42.5 Å². The summed E-state index contributed by atoms with van der Waals surface area (Å²) in [7, 11) is 1.62. The zero-order valence-corrected chi connectivity index (χ0v) is 17.2. The fraction of sp³-hybridized carbons (Fsp3) is 0.231. The van der Waals surface area contributed by atoms with Crippen molar-refractivity contribution >= 4 is 23.2 Å². The Kier molecular flexibility index (Phi) is 3.93. The zero-order valence-electron chi connectivity index (χ0n) is 17.2. The Morgan fingerprint density at radius 2 is 1.65 bits per heavy atom. The van der Waals surface area contributed by atoms with Crippen LogP contribution in [0.25, 0.3) is 0 Å². The van der Waals surface area contributed by atoms with Crippen LogP contribution in [0.5, 0.6) is 5.75 Å². The first-order valence-corrected chi connectivity index (χ1v) is 10.6. The first-order valence-electron chi connectivity index (χ1n) is 10.6. The lowest BCUT2D eigenvalue weighted by Gasteiger charge is -2.47. The molecule has 3 aromatic carbocycles. The van der Waals surface area contributed by atoms with Crippen molar-refractivity contribution in [2.75, 3.05) is 23.5 Å². The van der Waals surface area contributed by atoms with E-state index in [1.807, 2.05) is 60.7 Å². The molecule has 1 fully saturated rings. The van der Waals surface area contributed by atoms with E-state index >= 15 is 0 Å². The van der Waals surface area contributed by atoms with Gasteiger partial charge in [0.15, 0.2) is 0 Å². The number of nitrogens with zero attached hydrogens (tertiary/aromatic N) is 2. The molecule has 0 spiro atoms. The fourth-order valence-electron chi connectivity index (χ4n) is 5.59. The molecule has 5 heteroatoms. The van der Waals surface area contributed by atoms with E-state index in [1.54, 1.807) is 7.11 Å². The van der Waals surface area contributed by atoms with Crippen LogP contribution in [0.2, 0.25) is 0 Å². The number of methoxy groups -OCH3 is 1. The predicted molar refractivity (Wildman–Crippen MR) is 118 cm³/mol. The third-order valence-electron chi connectivity index (χ3n) is 6.92. The van der Waals surface area contributed by atoms with Crippen molar-refractivity contribution < 1.29 is 14.3 Å². The van der Waals surface area contributed by atoms with E-state index in [2.05, 4.69) is 17.0 Å². The molecule has 0 aliphatic carbocycles. The molecule has 0 bridgehead atoms. The van der Waals surface area contributed by atoms with E-state index in [9.17, 15) is 9.59 Å². The van der Waals surface area contributed by atoms with E-state index in [1.165, 1.54) is 10.5 Å². The first kappa shape index (κ1) is 18.2. The van der Waals surface area contributed by atoms with E-state index < -0.39 is 11.8 Å². The molecular formula is C26H22N2O3. The van der Waals surface area contributed by atoms with Crippen LogP contribution in [-0.2, 0) is 16.0 Å². The normalized spacial score (nSPS) is 23.7. The number of imide groups is 1. The number of carbonyl (C=O) groups excluding carboxylic acids is 2. The Bertz CT molecular complexity index is 1210. The van der Waals surface area contributed by atoms with Crippen molar-refractivity contribution in [2.24, 2.45) is 5.92 Å². The van der Waals surface area contributed by atoms with Crippen molar-refractivity contribution in [1.29, 1.82) is 0 Å². The van der Waals surface area contributed by atoms with Crippen molar-refractivity contribution in [1.82, 2.24) is 0 Å². The number of carbonyl (C=O) groups is 2. The number of hydrogen-bond donors (Lipinski definition) is 0. The van der Waals surface area contributed by atoms with Crippen molar-refractivity contribution in [2.45, 2.75) is 18.4 Å². The minimum absolute atomic E-state index is 0.124. The van der Waals surface area contributed by atoms with Gasteiger partial charge in [0.2, 0.25) is 11.8 Å². The Balaban J connectivity index is 1.58. The summed E-state index contributed by atoms with van der Waals surface area (Å²) in [6.07, 6.45) is 0.917. The van der Waals surface area contributed by atoms with Crippen LogP contribution >= 0.6 is 0 Å². The highest BCUT2D eigenvalue weighted by atomic mass is 16.5. The number of ether oxygens (including phenoxy) is 1. The molecular weight excluding hydrogens is 388 g/mol. The van der Waals surface area contributed by atoms with Crippen LogP contribution in [0.4, 0.5) is 11.4 Å². The number of benzene rings is 3. The molecule has 2 amide bonds. The molecule has 0 saturated carbocycles. The van der Waals surface area contributed by atoms with E-state index in [4.69, 9.17) is 4.74 Å². The summed E-state index contributed by atoms with van der Waals surface area (Å²) >= 11 is 0. The SMILES string of the molecule is COc1ccc2c(c1)[C@@H]1C(=O)N(c3ccccc3)C(=O)[C@@H]1[C@@H]1c3ccccc3CCN21. The summed E-state index contributed by atoms with van der Waals surface area (Å²) in [5, 5.41) is 0. The number of para-hydroxylation sites is 1. The number of hydrogen-bond acceptors (Lipinski definition) is 4. The summed E-state index contributed by atoms with van der Waals surface area (Å²) < 4.78 is 5.47. The molecule has 6 rings (SSSR count). The maximum absolute atomic E-state index is 13.8. The maximum atomic E-state index is 13.8. The van der Waals surface area contributed by atoms with E-state index in [0.717, 1.165) is 29.8 Å².